The minimum absolute atomic E-state index is 0.393. The molecule has 0 aliphatic carbocycles. The predicted molar refractivity (Wildman–Crippen MR) is 78.7 cm³/mol. The van der Waals surface area contributed by atoms with Gasteiger partial charge in [-0.05, 0) is 24.6 Å². The van der Waals surface area contributed by atoms with E-state index >= 15 is 0 Å². The van der Waals surface area contributed by atoms with Crippen LogP contribution in [0.15, 0.2) is 36.0 Å². The molecule has 1 aromatic heterocycles. The number of nitrogens with two attached hydrogens (primary N) is 1. The number of primary amides is 1. The van der Waals surface area contributed by atoms with E-state index in [1.165, 1.54) is 6.20 Å². The highest BCUT2D eigenvalue weighted by molar-refractivity contribution is 6.30. The van der Waals surface area contributed by atoms with Crippen molar-refractivity contribution in [2.45, 2.75) is 6.92 Å². The molecule has 1 aliphatic rings. The second-order valence-electron chi connectivity index (χ2n) is 4.67. The summed E-state index contributed by atoms with van der Waals surface area (Å²) in [7, 11) is 0. The van der Waals surface area contributed by atoms with Gasteiger partial charge in [-0.15, -0.1) is 0 Å². The summed E-state index contributed by atoms with van der Waals surface area (Å²) in [5, 5.41) is 8.12. The maximum Gasteiger partial charge on any atom is 0.254 e. The molecule has 1 aromatic carbocycles. The van der Waals surface area contributed by atoms with Crippen LogP contribution in [0.5, 0.6) is 0 Å². The molecule has 2 aromatic rings. The molecule has 1 aliphatic heterocycles. The van der Waals surface area contributed by atoms with Crippen molar-refractivity contribution in [3.05, 3.63) is 52.2 Å². The molecular weight excluding hydrogens is 276 g/mol. The van der Waals surface area contributed by atoms with E-state index in [4.69, 9.17) is 17.3 Å². The third-order valence-electron chi connectivity index (χ3n) is 3.29. The number of rotatable bonds is 2. The van der Waals surface area contributed by atoms with Gasteiger partial charge in [0.15, 0.2) is 0 Å². The maximum atomic E-state index is 11.4. The fourth-order valence-electron chi connectivity index (χ4n) is 2.33. The molecule has 2 heterocycles. The average molecular weight is 289 g/mol. The summed E-state index contributed by atoms with van der Waals surface area (Å²) in [6.07, 6.45) is 1.49. The van der Waals surface area contributed by atoms with Crippen LogP contribution in [-0.2, 0) is 0 Å². The van der Waals surface area contributed by atoms with Crippen molar-refractivity contribution in [2.75, 3.05) is 11.9 Å². The molecule has 0 saturated carbocycles. The largest absolute Gasteiger partial charge is 0.365 e. The summed E-state index contributed by atoms with van der Waals surface area (Å²) in [4.78, 5) is 11.4. The van der Waals surface area contributed by atoms with E-state index in [0.717, 1.165) is 16.8 Å². The highest BCUT2D eigenvalue weighted by Crippen LogP contribution is 2.30. The predicted octanol–water partition coefficient (Wildman–Crippen LogP) is 2.34. The number of aromatic nitrogens is 2. The Hall–Kier alpha value is -2.27. The number of nitrogens with one attached hydrogen (secondary N) is 1. The number of anilines is 1. The van der Waals surface area contributed by atoms with E-state index in [9.17, 15) is 4.79 Å². The molecule has 0 bridgehead atoms. The molecule has 0 fully saturated rings. The fraction of sp³-hybridized carbons (Fsp3) is 0.143. The number of nitrogens with zero attached hydrogens (tertiary/aromatic N) is 2. The summed E-state index contributed by atoms with van der Waals surface area (Å²) in [6.45, 7) is 2.66. The smallest absolute Gasteiger partial charge is 0.254 e. The summed E-state index contributed by atoms with van der Waals surface area (Å²) < 4.78 is 1.71. The lowest BCUT2D eigenvalue weighted by atomic mass is 10.1. The molecule has 0 atom stereocenters. The Bertz CT molecular complexity index is 715. The molecule has 0 spiro atoms. The number of amides is 1. The van der Waals surface area contributed by atoms with E-state index in [-0.39, 0.29) is 0 Å². The second kappa shape index (κ2) is 4.68. The van der Waals surface area contributed by atoms with Crippen molar-refractivity contribution in [2.24, 2.45) is 5.73 Å². The van der Waals surface area contributed by atoms with Gasteiger partial charge in [0.1, 0.15) is 11.4 Å². The van der Waals surface area contributed by atoms with Crippen LogP contribution in [0.1, 0.15) is 22.8 Å². The lowest BCUT2D eigenvalue weighted by Gasteiger charge is -2.22. The van der Waals surface area contributed by atoms with Gasteiger partial charge in [-0.2, -0.15) is 5.10 Å². The van der Waals surface area contributed by atoms with Gasteiger partial charge in [-0.3, -0.25) is 4.79 Å². The van der Waals surface area contributed by atoms with Gasteiger partial charge >= 0.3 is 0 Å². The van der Waals surface area contributed by atoms with Crippen LogP contribution in [0.4, 0.5) is 5.82 Å². The van der Waals surface area contributed by atoms with Crippen molar-refractivity contribution in [1.29, 1.82) is 0 Å². The molecule has 1 amide bonds. The molecule has 5 nitrogen and oxygen atoms in total. The number of carbonyl (C=O) groups is 1. The van der Waals surface area contributed by atoms with Crippen molar-refractivity contribution >= 4 is 29.0 Å². The summed E-state index contributed by atoms with van der Waals surface area (Å²) >= 11 is 5.92. The highest BCUT2D eigenvalue weighted by atomic mass is 35.5. The average Bonchev–Trinajstić information content (AvgIpc) is 2.84. The quantitative estimate of drug-likeness (QED) is 0.891. The van der Waals surface area contributed by atoms with E-state index in [1.807, 2.05) is 31.2 Å². The number of hydrogen-bond donors (Lipinski definition) is 2. The van der Waals surface area contributed by atoms with Crippen LogP contribution in [0.25, 0.3) is 5.70 Å². The summed E-state index contributed by atoms with van der Waals surface area (Å²) in [5.74, 6) is 0.141. The van der Waals surface area contributed by atoms with Gasteiger partial charge in [0, 0.05) is 17.1 Å². The zero-order chi connectivity index (χ0) is 14.3. The van der Waals surface area contributed by atoms with E-state index in [2.05, 4.69) is 10.4 Å². The van der Waals surface area contributed by atoms with Gasteiger partial charge in [-0.25, -0.2) is 4.68 Å². The number of carbonyl (C=O) groups excluding carboxylic acids is 1. The first kappa shape index (κ1) is 12.7. The molecule has 3 N–H and O–H groups in total. The Balaban J connectivity index is 2.16. The number of fused-ring (bicyclic) bond motifs is 1. The normalized spacial score (nSPS) is 13.9. The molecule has 20 heavy (non-hydrogen) atoms. The minimum Gasteiger partial charge on any atom is -0.365 e. The Kier molecular flexibility index (Phi) is 2.99. The first-order chi connectivity index (χ1) is 9.58. The standard InChI is InChI=1S/C14H13ClN4O/c1-8-6-17-14-11(13(16)20)7-18-19(14)12(8)9-2-4-10(15)5-3-9/h2-5,7,17H,6H2,1H3,(H2,16,20). The fourth-order valence-corrected chi connectivity index (χ4v) is 2.45. The van der Waals surface area contributed by atoms with Crippen molar-refractivity contribution in [3.63, 3.8) is 0 Å². The third-order valence-corrected chi connectivity index (χ3v) is 3.54. The Morgan fingerprint density at radius 3 is 2.75 bits per heavy atom. The lowest BCUT2D eigenvalue weighted by Crippen LogP contribution is -2.21. The monoisotopic (exact) mass is 288 g/mol. The third kappa shape index (κ3) is 1.96. The lowest BCUT2D eigenvalue weighted by molar-refractivity contribution is 0.100. The topological polar surface area (TPSA) is 72.9 Å². The summed E-state index contributed by atoms with van der Waals surface area (Å²) in [6, 6.07) is 7.53. The molecular formula is C14H13ClN4O. The van der Waals surface area contributed by atoms with Gasteiger partial charge < -0.3 is 11.1 Å². The van der Waals surface area contributed by atoms with E-state index < -0.39 is 5.91 Å². The highest BCUT2D eigenvalue weighted by Gasteiger charge is 2.23. The molecule has 6 heteroatoms. The van der Waals surface area contributed by atoms with Crippen LogP contribution in [-0.4, -0.2) is 22.2 Å². The van der Waals surface area contributed by atoms with Crippen molar-refractivity contribution < 1.29 is 4.79 Å². The van der Waals surface area contributed by atoms with Crippen molar-refractivity contribution in [1.82, 2.24) is 9.78 Å². The number of halogens is 1. The Morgan fingerprint density at radius 1 is 1.40 bits per heavy atom. The second-order valence-corrected chi connectivity index (χ2v) is 5.11. The minimum atomic E-state index is -0.492. The molecule has 0 radical (unpaired) electrons. The first-order valence-corrected chi connectivity index (χ1v) is 6.53. The van der Waals surface area contributed by atoms with Crippen LogP contribution in [0.2, 0.25) is 5.02 Å². The number of benzene rings is 1. The number of hydrogen-bond acceptors (Lipinski definition) is 3. The molecule has 3 rings (SSSR count). The van der Waals surface area contributed by atoms with Crippen LogP contribution >= 0.6 is 11.6 Å². The van der Waals surface area contributed by atoms with Gasteiger partial charge in [0.2, 0.25) is 0 Å². The van der Waals surface area contributed by atoms with Gasteiger partial charge in [-0.1, -0.05) is 23.7 Å². The molecule has 0 saturated heterocycles. The van der Waals surface area contributed by atoms with Gasteiger partial charge in [0.25, 0.3) is 5.91 Å². The van der Waals surface area contributed by atoms with Crippen molar-refractivity contribution in [3.8, 4) is 0 Å². The maximum absolute atomic E-state index is 11.4. The summed E-state index contributed by atoms with van der Waals surface area (Å²) in [5.41, 5.74) is 8.81. The zero-order valence-electron chi connectivity index (χ0n) is 10.9. The van der Waals surface area contributed by atoms with E-state index in [0.29, 0.717) is 22.9 Å². The van der Waals surface area contributed by atoms with Crippen LogP contribution in [0, 0.1) is 0 Å². The zero-order valence-corrected chi connectivity index (χ0v) is 11.6. The first-order valence-electron chi connectivity index (χ1n) is 6.15. The SMILES string of the molecule is CC1=C(c2ccc(Cl)cc2)n2ncc(C(N)=O)c2NC1. The van der Waals surface area contributed by atoms with Crippen LogP contribution in [0.3, 0.4) is 0 Å². The Morgan fingerprint density at radius 2 is 2.10 bits per heavy atom. The van der Waals surface area contributed by atoms with Crippen LogP contribution < -0.4 is 11.1 Å². The van der Waals surface area contributed by atoms with Gasteiger partial charge in [0.05, 0.1) is 11.9 Å². The molecule has 0 unspecified atom stereocenters. The van der Waals surface area contributed by atoms with E-state index in [1.54, 1.807) is 4.68 Å². The molecule has 102 valence electrons. The Labute approximate surface area is 121 Å².